The molecule has 1 saturated heterocycles. The Hall–Kier alpha value is -0.940. The maximum atomic E-state index is 11.8. The van der Waals surface area contributed by atoms with Crippen LogP contribution in [0.4, 0.5) is 18.0 Å². The Bertz CT molecular complexity index is 176. The number of hydrogen-bond acceptors (Lipinski definition) is 3. The first-order valence-electron chi connectivity index (χ1n) is 2.85. The Morgan fingerprint density at radius 1 is 1.36 bits per heavy atom. The Balaban J connectivity index is 2.67. The van der Waals surface area contributed by atoms with Gasteiger partial charge in [0.15, 0.2) is 0 Å². The summed E-state index contributed by atoms with van der Waals surface area (Å²) in [5, 5.41) is 0. The van der Waals surface area contributed by atoms with Crippen molar-refractivity contribution in [1.29, 1.82) is 0 Å². The average molecular weight is 170 g/mol. The van der Waals surface area contributed by atoms with Crippen molar-refractivity contribution in [1.82, 2.24) is 0 Å². The predicted molar refractivity (Wildman–Crippen MR) is 26.9 cm³/mol. The van der Waals surface area contributed by atoms with E-state index in [1.54, 1.807) is 0 Å². The summed E-state index contributed by atoms with van der Waals surface area (Å²) >= 11 is 0. The fourth-order valence-corrected chi connectivity index (χ4v) is 0.774. The van der Waals surface area contributed by atoms with Gasteiger partial charge in [0, 0.05) is 0 Å². The molecule has 1 rings (SSSR count). The lowest BCUT2D eigenvalue weighted by atomic mass is 10.2. The molecule has 0 aromatic heterocycles. The second-order valence-electron chi connectivity index (χ2n) is 2.15. The minimum atomic E-state index is -4.54. The first-order chi connectivity index (χ1) is 4.91. The van der Waals surface area contributed by atoms with Gasteiger partial charge in [-0.05, 0) is 6.92 Å². The summed E-state index contributed by atoms with van der Waals surface area (Å²) in [7, 11) is 0. The Labute approximate surface area is 60.1 Å². The number of ether oxygens (including phenoxy) is 2. The molecule has 11 heavy (non-hydrogen) atoms. The van der Waals surface area contributed by atoms with Gasteiger partial charge in [0.1, 0.15) is 6.10 Å². The predicted octanol–water partition coefficient (Wildman–Crippen LogP) is 1.47. The number of carbonyl (C=O) groups excluding carboxylic acids is 1. The molecule has 3 nitrogen and oxygen atoms in total. The molecule has 1 fully saturated rings. The third-order valence-corrected chi connectivity index (χ3v) is 1.25. The van der Waals surface area contributed by atoms with Gasteiger partial charge in [-0.15, -0.1) is 0 Å². The number of rotatable bonds is 0. The molecule has 0 aliphatic carbocycles. The fraction of sp³-hybridized carbons (Fsp3) is 0.800. The van der Waals surface area contributed by atoms with Crippen LogP contribution in [0.5, 0.6) is 0 Å². The van der Waals surface area contributed by atoms with E-state index < -0.39 is 24.5 Å². The first-order valence-corrected chi connectivity index (χ1v) is 2.85. The van der Waals surface area contributed by atoms with E-state index in [1.807, 2.05) is 0 Å². The molecule has 0 aromatic carbocycles. The Morgan fingerprint density at radius 3 is 2.09 bits per heavy atom. The highest BCUT2D eigenvalue weighted by molar-refractivity contribution is 5.62. The zero-order valence-corrected chi connectivity index (χ0v) is 5.51. The highest BCUT2D eigenvalue weighted by Crippen LogP contribution is 2.30. The van der Waals surface area contributed by atoms with Crippen LogP contribution < -0.4 is 0 Å². The molecule has 1 unspecified atom stereocenters. The third kappa shape index (κ3) is 1.55. The molecule has 0 saturated carbocycles. The summed E-state index contributed by atoms with van der Waals surface area (Å²) in [5.74, 6) is 0. The second kappa shape index (κ2) is 2.28. The molecule has 1 aliphatic rings. The standard InChI is InChI=1S/C5H5F3O3/c1-2-3(5(6,7)8)11-4(9)10-2/h2-3H,1H3/t2-,3?/m1/s1. The largest absolute Gasteiger partial charge is 0.509 e. The van der Waals surface area contributed by atoms with Crippen molar-refractivity contribution in [3.05, 3.63) is 0 Å². The van der Waals surface area contributed by atoms with Gasteiger partial charge in [-0.25, -0.2) is 4.79 Å². The monoisotopic (exact) mass is 170 g/mol. The van der Waals surface area contributed by atoms with Crippen LogP contribution >= 0.6 is 0 Å². The summed E-state index contributed by atoms with van der Waals surface area (Å²) in [4.78, 5) is 10.2. The highest BCUT2D eigenvalue weighted by atomic mass is 19.4. The van der Waals surface area contributed by atoms with E-state index in [-0.39, 0.29) is 0 Å². The van der Waals surface area contributed by atoms with E-state index in [0.29, 0.717) is 0 Å². The third-order valence-electron chi connectivity index (χ3n) is 1.25. The van der Waals surface area contributed by atoms with Crippen LogP contribution in [0.15, 0.2) is 0 Å². The Kier molecular flexibility index (Phi) is 1.69. The van der Waals surface area contributed by atoms with E-state index in [9.17, 15) is 18.0 Å². The topological polar surface area (TPSA) is 35.5 Å². The van der Waals surface area contributed by atoms with E-state index in [1.165, 1.54) is 0 Å². The molecular formula is C5H5F3O3. The lowest BCUT2D eigenvalue weighted by molar-refractivity contribution is -0.201. The maximum absolute atomic E-state index is 11.8. The summed E-state index contributed by atoms with van der Waals surface area (Å²) in [6, 6.07) is 0. The zero-order chi connectivity index (χ0) is 8.65. The molecular weight excluding hydrogens is 165 g/mol. The summed E-state index contributed by atoms with van der Waals surface area (Å²) < 4.78 is 43.5. The molecule has 64 valence electrons. The lowest BCUT2D eigenvalue weighted by Crippen LogP contribution is -2.35. The first kappa shape index (κ1) is 8.16. The van der Waals surface area contributed by atoms with Crippen LogP contribution in [-0.4, -0.2) is 24.5 Å². The lowest BCUT2D eigenvalue weighted by Gasteiger charge is -2.13. The van der Waals surface area contributed by atoms with Gasteiger partial charge in [0.2, 0.25) is 6.10 Å². The number of cyclic esters (lactones) is 2. The van der Waals surface area contributed by atoms with Gasteiger partial charge < -0.3 is 9.47 Å². The van der Waals surface area contributed by atoms with Gasteiger partial charge in [0.05, 0.1) is 0 Å². The molecule has 6 heteroatoms. The zero-order valence-electron chi connectivity index (χ0n) is 5.51. The van der Waals surface area contributed by atoms with E-state index >= 15 is 0 Å². The van der Waals surface area contributed by atoms with E-state index in [2.05, 4.69) is 9.47 Å². The van der Waals surface area contributed by atoms with Crippen LogP contribution in [0.25, 0.3) is 0 Å². The van der Waals surface area contributed by atoms with Crippen molar-refractivity contribution < 1.29 is 27.4 Å². The fourth-order valence-electron chi connectivity index (χ4n) is 0.774. The quantitative estimate of drug-likeness (QED) is 0.516. The number of carbonyl (C=O) groups is 1. The van der Waals surface area contributed by atoms with Crippen molar-refractivity contribution in [2.24, 2.45) is 0 Å². The van der Waals surface area contributed by atoms with Crippen LogP contribution in [0.3, 0.4) is 0 Å². The van der Waals surface area contributed by atoms with Gasteiger partial charge in [-0.2, -0.15) is 13.2 Å². The van der Waals surface area contributed by atoms with E-state index in [0.717, 1.165) is 6.92 Å². The van der Waals surface area contributed by atoms with Crippen molar-refractivity contribution in [3.63, 3.8) is 0 Å². The summed E-state index contributed by atoms with van der Waals surface area (Å²) in [6.07, 6.45) is -9.16. The number of halogens is 3. The molecule has 0 aromatic rings. The van der Waals surface area contributed by atoms with Crippen LogP contribution in [-0.2, 0) is 9.47 Å². The molecule has 0 bridgehead atoms. The van der Waals surface area contributed by atoms with Gasteiger partial charge >= 0.3 is 12.3 Å². The van der Waals surface area contributed by atoms with Crippen molar-refractivity contribution >= 4 is 6.16 Å². The second-order valence-corrected chi connectivity index (χ2v) is 2.15. The molecule has 1 heterocycles. The van der Waals surface area contributed by atoms with Gasteiger partial charge in [-0.3, -0.25) is 0 Å². The Morgan fingerprint density at radius 2 is 1.91 bits per heavy atom. The van der Waals surface area contributed by atoms with Crippen LogP contribution in [0, 0.1) is 0 Å². The molecule has 2 atom stereocenters. The number of alkyl halides is 3. The molecule has 1 aliphatic heterocycles. The van der Waals surface area contributed by atoms with Crippen LogP contribution in [0.1, 0.15) is 6.92 Å². The molecule has 0 N–H and O–H groups in total. The highest BCUT2D eigenvalue weighted by Gasteiger charge is 2.52. The van der Waals surface area contributed by atoms with Crippen molar-refractivity contribution in [3.8, 4) is 0 Å². The normalized spacial score (nSPS) is 31.5. The smallest absolute Gasteiger partial charge is 0.427 e. The summed E-state index contributed by atoms with van der Waals surface area (Å²) in [5.41, 5.74) is 0. The van der Waals surface area contributed by atoms with E-state index in [4.69, 9.17) is 0 Å². The van der Waals surface area contributed by atoms with Gasteiger partial charge in [-0.1, -0.05) is 0 Å². The molecule has 0 amide bonds. The van der Waals surface area contributed by atoms with Gasteiger partial charge in [0.25, 0.3) is 0 Å². The maximum Gasteiger partial charge on any atom is 0.509 e. The van der Waals surface area contributed by atoms with Crippen LogP contribution in [0.2, 0.25) is 0 Å². The average Bonchev–Trinajstić information content (AvgIpc) is 2.08. The summed E-state index contributed by atoms with van der Waals surface area (Å²) in [6.45, 7) is 1.13. The van der Waals surface area contributed by atoms with Crippen molar-refractivity contribution in [2.75, 3.05) is 0 Å². The minimum absolute atomic E-state index is 1.13. The number of hydrogen-bond donors (Lipinski definition) is 0. The SMILES string of the molecule is C[C@H]1OC(=O)OC1C(F)(F)F. The van der Waals surface area contributed by atoms with Crippen molar-refractivity contribution in [2.45, 2.75) is 25.3 Å². The molecule has 0 spiro atoms. The minimum Gasteiger partial charge on any atom is -0.427 e. The molecule has 0 radical (unpaired) electrons.